The van der Waals surface area contributed by atoms with Crippen molar-refractivity contribution in [3.63, 3.8) is 0 Å². The second kappa shape index (κ2) is 10.9. The lowest BCUT2D eigenvalue weighted by atomic mass is 9.77. The van der Waals surface area contributed by atoms with E-state index in [9.17, 15) is 9.59 Å². The van der Waals surface area contributed by atoms with E-state index in [1.54, 1.807) is 19.5 Å². The van der Waals surface area contributed by atoms with Gasteiger partial charge in [0.25, 0.3) is 12.4 Å². The maximum atomic E-state index is 12.9. The molecular formula is C24H29N3O5. The van der Waals surface area contributed by atoms with Gasteiger partial charge in [0, 0.05) is 63.1 Å². The summed E-state index contributed by atoms with van der Waals surface area (Å²) in [7, 11) is 1.66. The number of nitrogens with zero attached hydrogens (tertiary/aromatic N) is 3. The van der Waals surface area contributed by atoms with Crippen LogP contribution in [0.4, 0.5) is 0 Å². The zero-order chi connectivity index (χ0) is 23.0. The van der Waals surface area contributed by atoms with Crippen LogP contribution in [0.15, 0.2) is 48.8 Å². The number of hydrogen-bond acceptors (Lipinski definition) is 5. The topological polar surface area (TPSA) is 100 Å². The molecule has 1 spiro atoms. The van der Waals surface area contributed by atoms with Crippen LogP contribution in [0.2, 0.25) is 0 Å². The summed E-state index contributed by atoms with van der Waals surface area (Å²) in [5.41, 5.74) is 2.88. The fourth-order valence-electron chi connectivity index (χ4n) is 4.45. The minimum absolute atomic E-state index is 0.00319. The van der Waals surface area contributed by atoms with Crippen molar-refractivity contribution >= 4 is 18.3 Å². The smallest absolute Gasteiger partial charge is 0.290 e. The number of methoxy groups -OCH3 is 1. The van der Waals surface area contributed by atoms with Gasteiger partial charge in [-0.25, -0.2) is 0 Å². The molecule has 1 N–H and O–H groups in total. The Kier molecular flexibility index (Phi) is 7.94. The number of likely N-dealkylation sites (tertiary alicyclic amines) is 2. The Labute approximate surface area is 187 Å². The summed E-state index contributed by atoms with van der Waals surface area (Å²) in [6.07, 6.45) is 5.86. The van der Waals surface area contributed by atoms with Gasteiger partial charge in [0.2, 0.25) is 5.91 Å². The van der Waals surface area contributed by atoms with Crippen LogP contribution >= 0.6 is 0 Å². The second-order valence-electron chi connectivity index (χ2n) is 8.31. The van der Waals surface area contributed by atoms with E-state index < -0.39 is 0 Å². The number of carbonyl (C=O) groups is 3. The van der Waals surface area contributed by atoms with E-state index in [2.05, 4.69) is 4.98 Å². The van der Waals surface area contributed by atoms with Gasteiger partial charge in [0.05, 0.1) is 6.61 Å². The van der Waals surface area contributed by atoms with Crippen molar-refractivity contribution in [3.8, 4) is 0 Å². The number of aromatic nitrogens is 1. The molecule has 2 amide bonds. The molecule has 1 aromatic carbocycles. The maximum Gasteiger partial charge on any atom is 0.290 e. The molecule has 8 heteroatoms. The number of hydrogen-bond donors (Lipinski definition) is 1. The SMILES string of the molecule is COCc1ccc(C(=O)N2CCC3(CC2)CC(=O)N(Cc2ccncc2)C3)cc1.O=CO. The predicted octanol–water partition coefficient (Wildman–Crippen LogP) is 2.58. The predicted molar refractivity (Wildman–Crippen MR) is 118 cm³/mol. The van der Waals surface area contributed by atoms with Gasteiger partial charge in [0.15, 0.2) is 0 Å². The largest absolute Gasteiger partial charge is 0.483 e. The minimum Gasteiger partial charge on any atom is -0.483 e. The maximum absolute atomic E-state index is 12.9. The average molecular weight is 440 g/mol. The number of rotatable bonds is 5. The monoisotopic (exact) mass is 439 g/mol. The number of carboxylic acid groups (broad SMARTS) is 1. The summed E-state index contributed by atoms with van der Waals surface area (Å²) < 4.78 is 5.12. The first-order chi connectivity index (χ1) is 15.5. The molecule has 2 aliphatic rings. The van der Waals surface area contributed by atoms with Gasteiger partial charge in [-0.3, -0.25) is 19.4 Å². The summed E-state index contributed by atoms with van der Waals surface area (Å²) in [6, 6.07) is 11.5. The molecule has 0 radical (unpaired) electrons. The van der Waals surface area contributed by atoms with Crippen molar-refractivity contribution < 1.29 is 24.2 Å². The van der Waals surface area contributed by atoms with E-state index in [1.807, 2.05) is 46.2 Å². The number of benzene rings is 1. The zero-order valence-electron chi connectivity index (χ0n) is 18.3. The number of amides is 2. The summed E-state index contributed by atoms with van der Waals surface area (Å²) in [5, 5.41) is 6.89. The highest BCUT2D eigenvalue weighted by Crippen LogP contribution is 2.41. The van der Waals surface area contributed by atoms with E-state index in [0.29, 0.717) is 38.2 Å². The number of ether oxygens (including phenoxy) is 1. The van der Waals surface area contributed by atoms with Gasteiger partial charge < -0.3 is 19.6 Å². The Bertz CT molecular complexity index is 909. The summed E-state index contributed by atoms with van der Waals surface area (Å²) in [5.74, 6) is 0.289. The van der Waals surface area contributed by atoms with Gasteiger partial charge in [-0.15, -0.1) is 0 Å². The fourth-order valence-corrected chi connectivity index (χ4v) is 4.45. The standard InChI is InChI=1S/C23H27N3O3.CH2O2/c1-29-16-19-2-4-20(5-3-19)22(28)25-12-8-23(9-13-25)14-21(27)26(17-23)15-18-6-10-24-11-7-18;2-1-3/h2-7,10-11H,8-9,12-17H2,1H3;1H,(H,2,3). The molecule has 2 fully saturated rings. The first-order valence-corrected chi connectivity index (χ1v) is 10.6. The third kappa shape index (κ3) is 5.70. The van der Waals surface area contributed by atoms with E-state index in [4.69, 9.17) is 14.6 Å². The van der Waals surface area contributed by atoms with Gasteiger partial charge in [0.1, 0.15) is 0 Å². The molecule has 4 rings (SSSR count). The second-order valence-corrected chi connectivity index (χ2v) is 8.31. The van der Waals surface area contributed by atoms with Crippen LogP contribution in [0, 0.1) is 5.41 Å². The third-order valence-corrected chi connectivity index (χ3v) is 6.15. The normalized spacial score (nSPS) is 17.1. The molecule has 2 aliphatic heterocycles. The molecule has 0 unspecified atom stereocenters. The molecule has 0 aliphatic carbocycles. The molecule has 8 nitrogen and oxygen atoms in total. The Morgan fingerprint density at radius 2 is 1.75 bits per heavy atom. The molecule has 0 saturated carbocycles. The average Bonchev–Trinajstić information content (AvgIpc) is 3.10. The zero-order valence-corrected chi connectivity index (χ0v) is 18.3. The Hall–Kier alpha value is -3.26. The van der Waals surface area contributed by atoms with Crippen molar-refractivity contribution in [2.45, 2.75) is 32.4 Å². The van der Waals surface area contributed by atoms with Crippen molar-refractivity contribution in [2.24, 2.45) is 5.41 Å². The van der Waals surface area contributed by atoms with Gasteiger partial charge in [-0.1, -0.05) is 12.1 Å². The highest BCUT2D eigenvalue weighted by atomic mass is 16.5. The van der Waals surface area contributed by atoms with Crippen LogP contribution in [-0.4, -0.2) is 64.9 Å². The minimum atomic E-state index is -0.250. The lowest BCUT2D eigenvalue weighted by molar-refractivity contribution is -0.128. The van der Waals surface area contributed by atoms with E-state index in [0.717, 1.165) is 30.5 Å². The number of carbonyl (C=O) groups excluding carboxylic acids is 2. The van der Waals surface area contributed by atoms with Gasteiger partial charge in [-0.05, 0) is 48.2 Å². The van der Waals surface area contributed by atoms with Crippen LogP contribution in [0.3, 0.4) is 0 Å². The summed E-state index contributed by atoms with van der Waals surface area (Å²) in [4.78, 5) is 41.7. The van der Waals surface area contributed by atoms with Gasteiger partial charge >= 0.3 is 0 Å². The van der Waals surface area contributed by atoms with E-state index in [1.165, 1.54) is 0 Å². The molecule has 0 atom stereocenters. The molecule has 1 aromatic heterocycles. The highest BCUT2D eigenvalue weighted by molar-refractivity contribution is 5.94. The van der Waals surface area contributed by atoms with Crippen LogP contribution in [0.25, 0.3) is 0 Å². The molecule has 3 heterocycles. The van der Waals surface area contributed by atoms with E-state index in [-0.39, 0.29) is 23.7 Å². The number of piperidine rings is 1. The Morgan fingerprint density at radius 1 is 1.12 bits per heavy atom. The molecular weight excluding hydrogens is 410 g/mol. The highest BCUT2D eigenvalue weighted by Gasteiger charge is 2.45. The Balaban J connectivity index is 0.000000913. The molecule has 32 heavy (non-hydrogen) atoms. The molecule has 170 valence electrons. The number of pyridine rings is 1. The summed E-state index contributed by atoms with van der Waals surface area (Å²) >= 11 is 0. The Morgan fingerprint density at radius 3 is 2.34 bits per heavy atom. The third-order valence-electron chi connectivity index (χ3n) is 6.15. The van der Waals surface area contributed by atoms with Crippen molar-refractivity contribution in [2.75, 3.05) is 26.7 Å². The lowest BCUT2D eigenvalue weighted by Crippen LogP contribution is -2.44. The van der Waals surface area contributed by atoms with Crippen LogP contribution in [-0.2, 0) is 27.5 Å². The molecule has 2 aromatic rings. The first-order valence-electron chi connectivity index (χ1n) is 10.6. The van der Waals surface area contributed by atoms with E-state index >= 15 is 0 Å². The van der Waals surface area contributed by atoms with Crippen LogP contribution < -0.4 is 0 Å². The van der Waals surface area contributed by atoms with Crippen molar-refractivity contribution in [1.29, 1.82) is 0 Å². The fraction of sp³-hybridized carbons (Fsp3) is 0.417. The summed E-state index contributed by atoms with van der Waals surface area (Å²) in [6.45, 7) is 3.12. The molecule has 0 bridgehead atoms. The molecule has 2 saturated heterocycles. The first kappa shape index (κ1) is 23.4. The lowest BCUT2D eigenvalue weighted by Gasteiger charge is -2.38. The van der Waals surface area contributed by atoms with Gasteiger partial charge in [-0.2, -0.15) is 0 Å². The quantitative estimate of drug-likeness (QED) is 0.719. The van der Waals surface area contributed by atoms with Crippen molar-refractivity contribution in [3.05, 3.63) is 65.5 Å². The van der Waals surface area contributed by atoms with Crippen LogP contribution in [0.1, 0.15) is 40.7 Å². The van der Waals surface area contributed by atoms with Crippen molar-refractivity contribution in [1.82, 2.24) is 14.8 Å². The van der Waals surface area contributed by atoms with Crippen LogP contribution in [0.5, 0.6) is 0 Å².